The van der Waals surface area contributed by atoms with Crippen LogP contribution in [-0.2, 0) is 5.41 Å². The maximum absolute atomic E-state index is 6.92. The standard InChI is InChI=1S/C53H37NO/c1-53(2)45-24-9-7-20-43(45)50-46(53)25-13-26-47(50)54(37-30-28-36(29-31-37)39-22-11-16-34-14-3-5-18-38(34)39)48-33-32-42(41-23-12-17-35-15-4-6-19-40(35)41)52-51(48)44-21-8-10-27-49(44)55-52/h3-33H,1-2H3. The van der Waals surface area contributed by atoms with Crippen molar-refractivity contribution in [2.24, 2.45) is 0 Å². The predicted octanol–water partition coefficient (Wildman–Crippen LogP) is 15.0. The average molecular weight is 704 g/mol. The number of rotatable bonds is 5. The van der Waals surface area contributed by atoms with Crippen molar-refractivity contribution < 1.29 is 4.42 Å². The molecule has 0 bridgehead atoms. The van der Waals surface area contributed by atoms with Gasteiger partial charge in [-0.1, -0.05) is 166 Å². The molecule has 10 aromatic rings. The largest absolute Gasteiger partial charge is 0.455 e. The van der Waals surface area contributed by atoms with E-state index in [4.69, 9.17) is 4.42 Å². The molecule has 0 saturated heterocycles. The molecule has 2 heteroatoms. The topological polar surface area (TPSA) is 16.4 Å². The molecule has 0 radical (unpaired) electrons. The second kappa shape index (κ2) is 12.1. The van der Waals surface area contributed by atoms with E-state index in [2.05, 4.69) is 207 Å². The minimum absolute atomic E-state index is 0.137. The van der Waals surface area contributed by atoms with Gasteiger partial charge in [0.05, 0.1) is 16.8 Å². The van der Waals surface area contributed by atoms with E-state index in [1.807, 2.05) is 0 Å². The van der Waals surface area contributed by atoms with Crippen molar-refractivity contribution in [1.82, 2.24) is 0 Å². The van der Waals surface area contributed by atoms with E-state index in [-0.39, 0.29) is 5.41 Å². The molecule has 1 heterocycles. The molecule has 0 atom stereocenters. The first-order chi connectivity index (χ1) is 27.1. The van der Waals surface area contributed by atoms with E-state index >= 15 is 0 Å². The Morgan fingerprint density at radius 2 is 1.00 bits per heavy atom. The molecular weight excluding hydrogens is 667 g/mol. The first-order valence-corrected chi connectivity index (χ1v) is 19.1. The van der Waals surface area contributed by atoms with Crippen LogP contribution in [0.15, 0.2) is 192 Å². The summed E-state index contributed by atoms with van der Waals surface area (Å²) in [6.07, 6.45) is 0. The molecule has 55 heavy (non-hydrogen) atoms. The van der Waals surface area contributed by atoms with Gasteiger partial charge in [-0.15, -0.1) is 0 Å². The van der Waals surface area contributed by atoms with Crippen LogP contribution in [0.2, 0.25) is 0 Å². The van der Waals surface area contributed by atoms with E-state index in [1.54, 1.807) is 0 Å². The van der Waals surface area contributed by atoms with Crippen LogP contribution < -0.4 is 4.90 Å². The van der Waals surface area contributed by atoms with E-state index < -0.39 is 0 Å². The highest BCUT2D eigenvalue weighted by Crippen LogP contribution is 2.55. The molecule has 9 aromatic carbocycles. The van der Waals surface area contributed by atoms with Crippen LogP contribution in [0.1, 0.15) is 25.0 Å². The van der Waals surface area contributed by atoms with E-state index in [1.165, 1.54) is 54.9 Å². The van der Waals surface area contributed by atoms with Gasteiger partial charge in [-0.05, 0) is 91.3 Å². The minimum Gasteiger partial charge on any atom is -0.455 e. The molecule has 0 spiro atoms. The summed E-state index contributed by atoms with van der Waals surface area (Å²) in [5.41, 5.74) is 14.9. The highest BCUT2D eigenvalue weighted by atomic mass is 16.3. The monoisotopic (exact) mass is 703 g/mol. The van der Waals surface area contributed by atoms with Crippen LogP contribution in [0.3, 0.4) is 0 Å². The third kappa shape index (κ3) is 4.74. The van der Waals surface area contributed by atoms with Crippen LogP contribution in [0.4, 0.5) is 17.1 Å². The third-order valence-corrected chi connectivity index (χ3v) is 11.9. The number of para-hydroxylation sites is 1. The van der Waals surface area contributed by atoms with E-state index in [9.17, 15) is 0 Å². The first kappa shape index (κ1) is 31.6. The zero-order valence-electron chi connectivity index (χ0n) is 30.8. The quantitative estimate of drug-likeness (QED) is 0.177. The maximum atomic E-state index is 6.92. The molecule has 2 nitrogen and oxygen atoms in total. The maximum Gasteiger partial charge on any atom is 0.145 e. The van der Waals surface area contributed by atoms with Gasteiger partial charge in [-0.3, -0.25) is 0 Å². The van der Waals surface area contributed by atoms with Crippen molar-refractivity contribution in [1.29, 1.82) is 0 Å². The van der Waals surface area contributed by atoms with Crippen molar-refractivity contribution >= 4 is 60.5 Å². The molecule has 0 amide bonds. The Hall–Kier alpha value is -6.90. The number of nitrogens with zero attached hydrogens (tertiary/aromatic N) is 1. The zero-order chi connectivity index (χ0) is 36.7. The fraction of sp³-hybridized carbons (Fsp3) is 0.0566. The van der Waals surface area contributed by atoms with Crippen molar-refractivity contribution in [3.8, 4) is 33.4 Å². The lowest BCUT2D eigenvalue weighted by Crippen LogP contribution is -2.16. The number of hydrogen-bond acceptors (Lipinski definition) is 2. The number of furan rings is 1. The lowest BCUT2D eigenvalue weighted by atomic mass is 9.82. The van der Waals surface area contributed by atoms with Crippen LogP contribution in [0.25, 0.3) is 76.9 Å². The molecule has 260 valence electrons. The smallest absolute Gasteiger partial charge is 0.145 e. The molecule has 11 rings (SSSR count). The van der Waals surface area contributed by atoms with Crippen molar-refractivity contribution in [2.45, 2.75) is 19.3 Å². The average Bonchev–Trinajstić information content (AvgIpc) is 3.74. The Balaban J connectivity index is 1.20. The molecular formula is C53H37NO. The second-order valence-corrected chi connectivity index (χ2v) is 15.2. The Kier molecular flexibility index (Phi) is 6.93. The lowest BCUT2D eigenvalue weighted by molar-refractivity contribution is 0.660. The SMILES string of the molecule is CC1(C)c2ccccc2-c2c(N(c3ccc(-c4cccc5ccccc45)cc3)c3ccc(-c4cccc5ccccc45)c4oc5ccccc5c34)cccc21. The summed E-state index contributed by atoms with van der Waals surface area (Å²) in [5.74, 6) is 0. The summed E-state index contributed by atoms with van der Waals surface area (Å²) < 4.78 is 6.92. The van der Waals surface area contributed by atoms with Gasteiger partial charge in [-0.25, -0.2) is 0 Å². The fourth-order valence-electron chi connectivity index (χ4n) is 9.27. The number of anilines is 3. The molecule has 1 aliphatic carbocycles. The van der Waals surface area contributed by atoms with Gasteiger partial charge in [0.25, 0.3) is 0 Å². The summed E-state index contributed by atoms with van der Waals surface area (Å²) in [5, 5.41) is 7.11. The van der Waals surface area contributed by atoms with Gasteiger partial charge < -0.3 is 9.32 Å². The summed E-state index contributed by atoms with van der Waals surface area (Å²) in [7, 11) is 0. The summed E-state index contributed by atoms with van der Waals surface area (Å²) in [6.45, 7) is 4.71. The van der Waals surface area contributed by atoms with Crippen LogP contribution in [-0.4, -0.2) is 0 Å². The zero-order valence-corrected chi connectivity index (χ0v) is 30.8. The molecule has 0 unspecified atom stereocenters. The van der Waals surface area contributed by atoms with Crippen molar-refractivity contribution in [3.05, 3.63) is 199 Å². The first-order valence-electron chi connectivity index (χ1n) is 19.1. The minimum atomic E-state index is -0.137. The van der Waals surface area contributed by atoms with Gasteiger partial charge in [0.1, 0.15) is 11.2 Å². The summed E-state index contributed by atoms with van der Waals surface area (Å²) in [4.78, 5) is 2.47. The molecule has 1 aliphatic rings. The second-order valence-electron chi connectivity index (χ2n) is 15.2. The molecule has 0 saturated carbocycles. The highest BCUT2D eigenvalue weighted by Gasteiger charge is 2.38. The highest BCUT2D eigenvalue weighted by molar-refractivity contribution is 6.19. The van der Waals surface area contributed by atoms with Gasteiger partial charge in [-0.2, -0.15) is 0 Å². The van der Waals surface area contributed by atoms with Gasteiger partial charge in [0.15, 0.2) is 0 Å². The van der Waals surface area contributed by atoms with Gasteiger partial charge >= 0.3 is 0 Å². The lowest BCUT2D eigenvalue weighted by Gasteiger charge is -2.30. The Labute approximate surface area is 320 Å². The predicted molar refractivity (Wildman–Crippen MR) is 232 cm³/mol. The molecule has 0 aliphatic heterocycles. The Morgan fingerprint density at radius 3 is 1.78 bits per heavy atom. The Bertz CT molecular complexity index is 3120. The van der Waals surface area contributed by atoms with E-state index in [0.717, 1.165) is 50.1 Å². The number of fused-ring (bicyclic) bond motifs is 8. The fourth-order valence-corrected chi connectivity index (χ4v) is 9.27. The summed E-state index contributed by atoms with van der Waals surface area (Å²) >= 11 is 0. The molecule has 0 fully saturated rings. The van der Waals surface area contributed by atoms with Crippen LogP contribution in [0.5, 0.6) is 0 Å². The number of hydrogen-bond donors (Lipinski definition) is 0. The number of benzene rings is 9. The normalized spacial score (nSPS) is 13.1. The van der Waals surface area contributed by atoms with Gasteiger partial charge in [0.2, 0.25) is 0 Å². The third-order valence-electron chi connectivity index (χ3n) is 11.9. The Morgan fingerprint density at radius 1 is 0.418 bits per heavy atom. The van der Waals surface area contributed by atoms with E-state index in [0.29, 0.717) is 0 Å². The van der Waals surface area contributed by atoms with Crippen LogP contribution >= 0.6 is 0 Å². The molecule has 0 N–H and O–H groups in total. The molecule has 1 aromatic heterocycles. The van der Waals surface area contributed by atoms with Crippen LogP contribution in [0, 0.1) is 0 Å². The van der Waals surface area contributed by atoms with Crippen molar-refractivity contribution in [2.75, 3.05) is 4.90 Å². The summed E-state index contributed by atoms with van der Waals surface area (Å²) in [6, 6.07) is 68.3. The van der Waals surface area contributed by atoms with Gasteiger partial charge in [0, 0.05) is 27.6 Å². The van der Waals surface area contributed by atoms with Crippen molar-refractivity contribution in [3.63, 3.8) is 0 Å².